The molecule has 0 aliphatic carbocycles. The predicted molar refractivity (Wildman–Crippen MR) is 137 cm³/mol. The summed E-state index contributed by atoms with van der Waals surface area (Å²) >= 11 is 5.88. The Morgan fingerprint density at radius 3 is 2.65 bits per heavy atom. The second-order valence-electron chi connectivity index (χ2n) is 8.79. The summed E-state index contributed by atoms with van der Waals surface area (Å²) in [4.78, 5) is 12.7. The van der Waals surface area contributed by atoms with E-state index in [2.05, 4.69) is 29.9 Å². The van der Waals surface area contributed by atoms with Crippen molar-refractivity contribution in [2.45, 2.75) is 63.2 Å². The molecule has 4 heterocycles. The van der Waals surface area contributed by atoms with Gasteiger partial charge in [-0.15, -0.1) is 10.2 Å². The van der Waals surface area contributed by atoms with Crippen LogP contribution in [0.25, 0.3) is 11.5 Å². The van der Waals surface area contributed by atoms with Gasteiger partial charge < -0.3 is 14.2 Å². The summed E-state index contributed by atoms with van der Waals surface area (Å²) in [7, 11) is -1.12. The quantitative estimate of drug-likeness (QED) is 0.398. The van der Waals surface area contributed by atoms with E-state index in [-0.39, 0.29) is 24.0 Å². The number of nitrogens with zero attached hydrogens (tertiary/aromatic N) is 6. The normalized spacial score (nSPS) is 19.8. The molecule has 1 aliphatic heterocycles. The number of halogens is 1. The van der Waals surface area contributed by atoms with Crippen LogP contribution in [0.15, 0.2) is 30.6 Å². The molecule has 3 aromatic rings. The van der Waals surface area contributed by atoms with Gasteiger partial charge in [0.15, 0.2) is 11.6 Å². The summed E-state index contributed by atoms with van der Waals surface area (Å²) in [5, 5.41) is 7.69. The van der Waals surface area contributed by atoms with Crippen molar-refractivity contribution < 1.29 is 22.6 Å². The van der Waals surface area contributed by atoms with Crippen LogP contribution in [0.1, 0.15) is 45.0 Å². The fraction of sp³-hybridized carbons (Fsp3) is 0.522. The molecule has 1 fully saturated rings. The molecular weight excluding hydrogens is 522 g/mol. The number of anilines is 1. The summed E-state index contributed by atoms with van der Waals surface area (Å²) in [6.07, 6.45) is 4.61. The number of ether oxygens (including phenoxy) is 3. The van der Waals surface area contributed by atoms with E-state index >= 15 is 0 Å². The Labute approximate surface area is 220 Å². The van der Waals surface area contributed by atoms with Gasteiger partial charge >= 0.3 is 0 Å². The first-order chi connectivity index (χ1) is 17.7. The Morgan fingerprint density at radius 2 is 1.97 bits per heavy atom. The number of methoxy groups -OCH3 is 2. The molecule has 0 saturated carbocycles. The fourth-order valence-electron chi connectivity index (χ4n) is 4.19. The number of nitrogens with one attached hydrogen (secondary N) is 1. The number of hydrogen-bond acceptors (Lipinski definition) is 10. The zero-order chi connectivity index (χ0) is 26.6. The smallest absolute Gasteiger partial charge is 0.240 e. The lowest BCUT2D eigenvalue weighted by atomic mass is 10.0. The third-order valence-electron chi connectivity index (χ3n) is 6.16. The van der Waals surface area contributed by atoms with Gasteiger partial charge in [-0.3, -0.25) is 9.29 Å². The highest BCUT2D eigenvalue weighted by atomic mass is 35.5. The minimum Gasteiger partial charge on any atom is -0.481 e. The Hall–Kier alpha value is -2.87. The maximum Gasteiger partial charge on any atom is 0.240 e. The topological polar surface area (TPSA) is 143 Å². The lowest BCUT2D eigenvalue weighted by Crippen LogP contribution is -2.34. The number of aromatic nitrogens is 6. The molecule has 3 aromatic heterocycles. The van der Waals surface area contributed by atoms with Gasteiger partial charge in [-0.05, 0) is 39.2 Å². The summed E-state index contributed by atoms with van der Waals surface area (Å²) < 4.78 is 48.0. The van der Waals surface area contributed by atoms with Crippen LogP contribution in [-0.2, 0) is 26.0 Å². The highest BCUT2D eigenvalue weighted by molar-refractivity contribution is 7.93. The summed E-state index contributed by atoms with van der Waals surface area (Å²) in [6.45, 7) is 3.87. The molecule has 4 atom stereocenters. The first-order valence-electron chi connectivity index (χ1n) is 11.8. The second kappa shape index (κ2) is 11.7. The average Bonchev–Trinajstić information content (AvgIpc) is 3.26. The molecular formula is C23H30ClN7O5S. The molecule has 200 valence electrons. The zero-order valence-corrected chi connectivity index (χ0v) is 22.6. The molecule has 0 bridgehead atoms. The van der Waals surface area contributed by atoms with Gasteiger partial charge in [0, 0.05) is 25.6 Å². The summed E-state index contributed by atoms with van der Waals surface area (Å²) in [6, 6.07) is 5.25. The molecule has 0 radical (unpaired) electrons. The van der Waals surface area contributed by atoms with Crippen molar-refractivity contribution in [1.29, 1.82) is 0 Å². The fourth-order valence-corrected chi connectivity index (χ4v) is 5.44. The molecule has 1 N–H and O–H groups in total. The lowest BCUT2D eigenvalue weighted by Gasteiger charge is -2.29. The van der Waals surface area contributed by atoms with E-state index in [9.17, 15) is 8.42 Å². The van der Waals surface area contributed by atoms with E-state index < -0.39 is 21.4 Å². The third-order valence-corrected chi connectivity index (χ3v) is 8.05. The van der Waals surface area contributed by atoms with Gasteiger partial charge in [0.1, 0.15) is 17.0 Å². The van der Waals surface area contributed by atoms with Crippen molar-refractivity contribution in [2.75, 3.05) is 18.9 Å². The van der Waals surface area contributed by atoms with Gasteiger partial charge in [-0.25, -0.2) is 23.4 Å². The van der Waals surface area contributed by atoms with Gasteiger partial charge in [0.2, 0.25) is 21.9 Å². The molecule has 4 rings (SSSR count). The van der Waals surface area contributed by atoms with Crippen molar-refractivity contribution in [1.82, 2.24) is 29.7 Å². The van der Waals surface area contributed by atoms with Crippen LogP contribution in [0.3, 0.4) is 0 Å². The first kappa shape index (κ1) is 27.2. The number of pyridine rings is 1. The van der Waals surface area contributed by atoms with Crippen LogP contribution >= 0.6 is 11.6 Å². The zero-order valence-electron chi connectivity index (χ0n) is 21.0. The van der Waals surface area contributed by atoms with E-state index in [4.69, 9.17) is 25.8 Å². The van der Waals surface area contributed by atoms with Crippen LogP contribution in [0.4, 0.5) is 5.95 Å². The van der Waals surface area contributed by atoms with Crippen molar-refractivity contribution in [3.8, 4) is 17.4 Å². The first-order valence-corrected chi connectivity index (χ1v) is 13.8. The van der Waals surface area contributed by atoms with Crippen molar-refractivity contribution in [3.63, 3.8) is 0 Å². The predicted octanol–water partition coefficient (Wildman–Crippen LogP) is 3.27. The summed E-state index contributed by atoms with van der Waals surface area (Å²) in [5.41, 5.74) is 0.485. The Kier molecular flexibility index (Phi) is 8.57. The van der Waals surface area contributed by atoms with Crippen LogP contribution in [0, 0.1) is 0 Å². The van der Waals surface area contributed by atoms with Gasteiger partial charge in [-0.1, -0.05) is 17.7 Å². The Morgan fingerprint density at radius 1 is 1.22 bits per heavy atom. The standard InChI is InChI=1S/C23H30ClN7O5S/c1-14-7-5-8-17(36-14)13-31-22(18-9-6-10-19(27-18)34-3)28-29-23(31)30-37(32,33)15(2)20(35-4)21-25-11-16(24)12-26-21/h6,9-12,14-15,17,20H,5,7-8,13H2,1-4H3,(H,29,30)/t14-,15?,17-,20?/m1/s1. The largest absolute Gasteiger partial charge is 0.481 e. The summed E-state index contributed by atoms with van der Waals surface area (Å²) in [5.74, 6) is 1.02. The van der Waals surface area contributed by atoms with Crippen LogP contribution in [0.2, 0.25) is 5.02 Å². The SMILES string of the molecule is COc1cccc(-c2nnc(NS(=O)(=O)C(C)C(OC)c3ncc(Cl)cn3)n2C[C@H]2CCC[C@@H](C)O2)n1. The van der Waals surface area contributed by atoms with Gasteiger partial charge in [0.05, 0.1) is 30.9 Å². The minimum atomic E-state index is -4.04. The van der Waals surface area contributed by atoms with E-state index in [1.165, 1.54) is 33.5 Å². The van der Waals surface area contributed by atoms with Crippen LogP contribution in [-0.4, -0.2) is 69.8 Å². The highest BCUT2D eigenvalue weighted by Gasteiger charge is 2.35. The third kappa shape index (κ3) is 6.35. The maximum atomic E-state index is 13.5. The van der Waals surface area contributed by atoms with Crippen molar-refractivity contribution in [3.05, 3.63) is 41.4 Å². The minimum absolute atomic E-state index is 0.0418. The molecule has 37 heavy (non-hydrogen) atoms. The molecule has 14 heteroatoms. The van der Waals surface area contributed by atoms with E-state index in [1.54, 1.807) is 22.8 Å². The second-order valence-corrected chi connectivity index (χ2v) is 11.3. The number of sulfonamides is 1. The average molecular weight is 552 g/mol. The molecule has 12 nitrogen and oxygen atoms in total. The molecule has 0 spiro atoms. The number of rotatable bonds is 10. The van der Waals surface area contributed by atoms with Crippen molar-refractivity contribution >= 4 is 27.6 Å². The molecule has 1 aliphatic rings. The molecule has 2 unspecified atom stereocenters. The molecule has 0 amide bonds. The monoisotopic (exact) mass is 551 g/mol. The van der Waals surface area contributed by atoms with Crippen molar-refractivity contribution in [2.24, 2.45) is 0 Å². The number of hydrogen-bond donors (Lipinski definition) is 1. The Balaban J connectivity index is 1.67. The Bertz CT molecular complexity index is 1310. The van der Waals surface area contributed by atoms with E-state index in [0.29, 0.717) is 29.0 Å². The van der Waals surface area contributed by atoms with E-state index in [1.807, 2.05) is 6.92 Å². The van der Waals surface area contributed by atoms with Crippen LogP contribution < -0.4 is 9.46 Å². The van der Waals surface area contributed by atoms with Crippen LogP contribution in [0.5, 0.6) is 5.88 Å². The van der Waals surface area contributed by atoms with E-state index in [0.717, 1.165) is 19.3 Å². The van der Waals surface area contributed by atoms with Gasteiger partial charge in [0.25, 0.3) is 0 Å². The maximum absolute atomic E-state index is 13.5. The lowest BCUT2D eigenvalue weighted by molar-refractivity contribution is -0.0467. The highest BCUT2D eigenvalue weighted by Crippen LogP contribution is 2.28. The molecule has 0 aromatic carbocycles. The van der Waals surface area contributed by atoms with Gasteiger partial charge in [-0.2, -0.15) is 0 Å². The molecule has 1 saturated heterocycles.